The largest absolute Gasteiger partial charge is 0.444 e. The van der Waals surface area contributed by atoms with Gasteiger partial charge in [-0.05, 0) is 27.6 Å². The predicted molar refractivity (Wildman–Crippen MR) is 85.8 cm³/mol. The molecule has 2 rings (SSSR count). The Morgan fingerprint density at radius 3 is 2.65 bits per heavy atom. The van der Waals surface area contributed by atoms with Crippen LogP contribution in [0.25, 0.3) is 0 Å². The zero-order chi connectivity index (χ0) is 16.8. The van der Waals surface area contributed by atoms with Crippen LogP contribution in [0.5, 0.6) is 0 Å². The molecule has 116 valence electrons. The third-order valence-electron chi connectivity index (χ3n) is 2.85. The average Bonchev–Trinajstić information content (AvgIpc) is 2.54. The van der Waals surface area contributed by atoms with E-state index in [9.17, 15) is 14.9 Å². The third kappa shape index (κ3) is 4.28. The number of benzene rings is 2. The lowest BCUT2D eigenvalue weighted by atomic mass is 10.2. The van der Waals surface area contributed by atoms with Gasteiger partial charge in [-0.25, -0.2) is 4.79 Å². The number of anilines is 1. The van der Waals surface area contributed by atoms with Gasteiger partial charge in [0.2, 0.25) is 0 Å². The summed E-state index contributed by atoms with van der Waals surface area (Å²) in [5.74, 6) is 0. The first-order chi connectivity index (χ1) is 11.0. The number of hydrogen-bond acceptors (Lipinski definition) is 5. The molecule has 0 radical (unpaired) electrons. The van der Waals surface area contributed by atoms with Crippen molar-refractivity contribution in [3.63, 3.8) is 0 Å². The lowest BCUT2D eigenvalue weighted by molar-refractivity contribution is -0.384. The highest BCUT2D eigenvalue weighted by atomic mass is 79.9. The Balaban J connectivity index is 2.13. The second-order valence-corrected chi connectivity index (χ2v) is 5.26. The molecule has 7 nitrogen and oxygen atoms in total. The van der Waals surface area contributed by atoms with Crippen LogP contribution in [-0.2, 0) is 11.3 Å². The maximum absolute atomic E-state index is 11.8. The monoisotopic (exact) mass is 375 g/mol. The molecule has 0 saturated heterocycles. The molecule has 0 fully saturated rings. The highest BCUT2D eigenvalue weighted by Crippen LogP contribution is 2.31. The summed E-state index contributed by atoms with van der Waals surface area (Å²) in [4.78, 5) is 22.2. The van der Waals surface area contributed by atoms with Gasteiger partial charge < -0.3 is 4.74 Å². The SMILES string of the molecule is N#Cc1cc([N+](=O)[O-])c(NC(=O)OCc2ccccc2)cc1Br. The van der Waals surface area contributed by atoms with Crippen LogP contribution in [0.3, 0.4) is 0 Å². The summed E-state index contributed by atoms with van der Waals surface area (Å²) in [6.45, 7) is 0.0396. The van der Waals surface area contributed by atoms with Gasteiger partial charge in [-0.15, -0.1) is 0 Å². The van der Waals surface area contributed by atoms with Crippen molar-refractivity contribution in [2.45, 2.75) is 6.61 Å². The van der Waals surface area contributed by atoms with E-state index in [0.717, 1.165) is 11.6 Å². The molecule has 0 saturated carbocycles. The molecule has 0 aliphatic carbocycles. The summed E-state index contributed by atoms with van der Waals surface area (Å²) in [6.07, 6.45) is -0.825. The van der Waals surface area contributed by atoms with Crippen molar-refractivity contribution in [2.75, 3.05) is 5.32 Å². The summed E-state index contributed by atoms with van der Waals surface area (Å²) in [6, 6.07) is 13.2. The van der Waals surface area contributed by atoms with Crippen molar-refractivity contribution in [2.24, 2.45) is 0 Å². The van der Waals surface area contributed by atoms with E-state index >= 15 is 0 Å². The highest BCUT2D eigenvalue weighted by Gasteiger charge is 2.19. The summed E-state index contributed by atoms with van der Waals surface area (Å²) in [5, 5.41) is 22.3. The molecule has 0 aromatic heterocycles. The van der Waals surface area contributed by atoms with Crippen LogP contribution in [0.4, 0.5) is 16.2 Å². The number of carbonyl (C=O) groups is 1. The van der Waals surface area contributed by atoms with E-state index in [2.05, 4.69) is 21.2 Å². The number of rotatable bonds is 4. The molecule has 1 amide bonds. The van der Waals surface area contributed by atoms with Gasteiger partial charge in [0.15, 0.2) is 0 Å². The highest BCUT2D eigenvalue weighted by molar-refractivity contribution is 9.10. The fourth-order valence-electron chi connectivity index (χ4n) is 1.77. The van der Waals surface area contributed by atoms with Crippen molar-refractivity contribution in [3.8, 4) is 6.07 Å². The Labute approximate surface area is 139 Å². The Morgan fingerprint density at radius 1 is 1.35 bits per heavy atom. The lowest BCUT2D eigenvalue weighted by Gasteiger charge is -2.08. The minimum absolute atomic E-state index is 0.0396. The number of amides is 1. The van der Waals surface area contributed by atoms with Crippen molar-refractivity contribution in [3.05, 3.63) is 68.2 Å². The molecule has 0 bridgehead atoms. The van der Waals surface area contributed by atoms with Gasteiger partial charge in [0.25, 0.3) is 5.69 Å². The Morgan fingerprint density at radius 2 is 2.04 bits per heavy atom. The number of nitro benzene ring substituents is 1. The first kappa shape index (κ1) is 16.5. The summed E-state index contributed by atoms with van der Waals surface area (Å²) in [5.41, 5.74) is 0.443. The summed E-state index contributed by atoms with van der Waals surface area (Å²) < 4.78 is 5.35. The maximum Gasteiger partial charge on any atom is 0.412 e. The van der Waals surface area contributed by atoms with Gasteiger partial charge in [-0.2, -0.15) is 5.26 Å². The van der Waals surface area contributed by atoms with Gasteiger partial charge in [0.1, 0.15) is 18.4 Å². The quantitative estimate of drug-likeness (QED) is 0.642. The molecular formula is C15H10BrN3O4. The molecule has 8 heteroatoms. The van der Waals surface area contributed by atoms with Gasteiger partial charge in [-0.1, -0.05) is 30.3 Å². The first-order valence-electron chi connectivity index (χ1n) is 6.37. The fraction of sp³-hybridized carbons (Fsp3) is 0.0667. The van der Waals surface area contributed by atoms with Crippen molar-refractivity contribution < 1.29 is 14.5 Å². The van der Waals surface area contributed by atoms with E-state index in [4.69, 9.17) is 10.00 Å². The van der Waals surface area contributed by atoms with E-state index in [0.29, 0.717) is 4.47 Å². The number of nitriles is 1. The van der Waals surface area contributed by atoms with Crippen molar-refractivity contribution >= 4 is 33.4 Å². The second-order valence-electron chi connectivity index (χ2n) is 4.40. The molecule has 0 aliphatic heterocycles. The van der Waals surface area contributed by atoms with Gasteiger partial charge in [-0.3, -0.25) is 15.4 Å². The predicted octanol–water partition coefficient (Wildman–Crippen LogP) is 3.98. The summed E-state index contributed by atoms with van der Waals surface area (Å²) >= 11 is 3.12. The van der Waals surface area contributed by atoms with Crippen LogP contribution in [0.15, 0.2) is 46.9 Å². The Kier molecular flexibility index (Phi) is 5.28. The molecule has 2 aromatic carbocycles. The number of carbonyl (C=O) groups excluding carboxylic acids is 1. The van der Waals surface area contributed by atoms with Crippen LogP contribution in [0, 0.1) is 21.4 Å². The topological polar surface area (TPSA) is 105 Å². The molecule has 0 atom stereocenters. The van der Waals surface area contributed by atoms with Crippen LogP contribution in [0.1, 0.15) is 11.1 Å². The molecule has 23 heavy (non-hydrogen) atoms. The van der Waals surface area contributed by atoms with E-state index in [1.54, 1.807) is 24.3 Å². The van der Waals surface area contributed by atoms with E-state index in [1.165, 1.54) is 6.07 Å². The zero-order valence-electron chi connectivity index (χ0n) is 11.7. The maximum atomic E-state index is 11.8. The lowest BCUT2D eigenvalue weighted by Crippen LogP contribution is -2.14. The van der Waals surface area contributed by atoms with E-state index in [-0.39, 0.29) is 23.5 Å². The molecule has 0 heterocycles. The Hall–Kier alpha value is -2.92. The number of nitro groups is 1. The van der Waals surface area contributed by atoms with Gasteiger partial charge >= 0.3 is 6.09 Å². The van der Waals surface area contributed by atoms with Gasteiger partial charge in [0, 0.05) is 10.5 Å². The molecule has 0 unspecified atom stereocenters. The molecule has 0 spiro atoms. The number of halogens is 1. The molecule has 2 aromatic rings. The number of nitrogens with one attached hydrogen (secondary N) is 1. The van der Waals surface area contributed by atoms with Crippen molar-refractivity contribution in [1.82, 2.24) is 0 Å². The molecule has 0 aliphatic rings. The molecular weight excluding hydrogens is 366 g/mol. The van der Waals surface area contributed by atoms with E-state index in [1.807, 2.05) is 12.1 Å². The third-order valence-corrected chi connectivity index (χ3v) is 3.51. The number of nitrogens with zero attached hydrogens (tertiary/aromatic N) is 2. The average molecular weight is 376 g/mol. The number of hydrogen-bond donors (Lipinski definition) is 1. The minimum atomic E-state index is -0.825. The normalized spacial score (nSPS) is 9.74. The smallest absolute Gasteiger partial charge is 0.412 e. The van der Waals surface area contributed by atoms with Crippen LogP contribution >= 0.6 is 15.9 Å². The van der Waals surface area contributed by atoms with Gasteiger partial charge in [0.05, 0.1) is 10.5 Å². The first-order valence-corrected chi connectivity index (χ1v) is 7.16. The fourth-order valence-corrected chi connectivity index (χ4v) is 2.20. The van der Waals surface area contributed by atoms with Crippen LogP contribution < -0.4 is 5.32 Å². The van der Waals surface area contributed by atoms with E-state index < -0.39 is 11.0 Å². The van der Waals surface area contributed by atoms with Crippen molar-refractivity contribution in [1.29, 1.82) is 5.26 Å². The summed E-state index contributed by atoms with van der Waals surface area (Å²) in [7, 11) is 0. The Bertz CT molecular complexity index is 787. The number of ether oxygens (including phenoxy) is 1. The standard InChI is InChI=1S/C15H10BrN3O4/c16-12-7-13(14(19(21)22)6-11(12)8-17)18-15(20)23-9-10-4-2-1-3-5-10/h1-7H,9H2,(H,18,20). The zero-order valence-corrected chi connectivity index (χ0v) is 13.2. The van der Waals surface area contributed by atoms with Crippen LogP contribution in [0.2, 0.25) is 0 Å². The second kappa shape index (κ2) is 7.38. The minimum Gasteiger partial charge on any atom is -0.444 e. The van der Waals surface area contributed by atoms with Crippen LogP contribution in [-0.4, -0.2) is 11.0 Å². The molecule has 1 N–H and O–H groups in total.